The minimum absolute atomic E-state index is 0.0211. The fourth-order valence-electron chi connectivity index (χ4n) is 4.11. The number of hydrogen-bond acceptors (Lipinski definition) is 3. The number of aryl methyl sites for hydroxylation is 1. The zero-order valence-corrected chi connectivity index (χ0v) is 22.1. The minimum Gasteiger partial charge on any atom is -0.433 e. The van der Waals surface area contributed by atoms with Crippen molar-refractivity contribution in [2.45, 2.75) is 38.5 Å². The number of nitrogens with one attached hydrogen (secondary N) is 1. The quantitative estimate of drug-likeness (QED) is 0.251. The van der Waals surface area contributed by atoms with Crippen molar-refractivity contribution >= 4 is 23.2 Å². The lowest BCUT2D eigenvalue weighted by Crippen LogP contribution is -2.50. The molecule has 1 N–H and O–H groups in total. The van der Waals surface area contributed by atoms with Gasteiger partial charge in [0.15, 0.2) is 17.5 Å². The second kappa shape index (κ2) is 12.3. The van der Waals surface area contributed by atoms with Crippen LogP contribution in [0.1, 0.15) is 38.8 Å². The van der Waals surface area contributed by atoms with Gasteiger partial charge in [-0.05, 0) is 55.8 Å². The van der Waals surface area contributed by atoms with E-state index in [1.165, 1.54) is 6.92 Å². The summed E-state index contributed by atoms with van der Waals surface area (Å²) >= 11 is 0. The largest absolute Gasteiger partial charge is 0.435 e. The molecule has 238 valence electrons. The zero-order valence-electron chi connectivity index (χ0n) is 22.1. The summed E-state index contributed by atoms with van der Waals surface area (Å²) in [6.45, 7) is -2.21. The molecule has 0 saturated carbocycles. The van der Waals surface area contributed by atoms with Crippen LogP contribution >= 0.6 is 0 Å². The van der Waals surface area contributed by atoms with Gasteiger partial charge in [0.05, 0.1) is 22.5 Å². The van der Waals surface area contributed by atoms with E-state index in [1.807, 2.05) is 5.32 Å². The van der Waals surface area contributed by atoms with Crippen LogP contribution in [-0.4, -0.2) is 37.3 Å². The Kier molecular flexibility index (Phi) is 9.50. The maximum absolute atomic E-state index is 15.5. The smallest absolute Gasteiger partial charge is 0.433 e. The van der Waals surface area contributed by atoms with E-state index < -0.39 is 93.3 Å². The Bertz CT molecular complexity index is 1560. The summed E-state index contributed by atoms with van der Waals surface area (Å²) < 4.78 is 168. The summed E-state index contributed by atoms with van der Waals surface area (Å²) in [6.07, 6.45) is -13.2. The predicted octanol–water partition coefficient (Wildman–Crippen LogP) is 8.22. The van der Waals surface area contributed by atoms with Gasteiger partial charge in [-0.1, -0.05) is 12.1 Å². The van der Waals surface area contributed by atoms with Crippen LogP contribution in [-0.2, 0) is 5.67 Å². The summed E-state index contributed by atoms with van der Waals surface area (Å²) in [4.78, 5) is 26.5. The van der Waals surface area contributed by atoms with Crippen LogP contribution in [0.2, 0.25) is 0 Å². The highest BCUT2D eigenvalue weighted by Gasteiger charge is 2.73. The maximum atomic E-state index is 15.5. The number of nitrogens with zero attached hydrogens (tertiary/aromatic N) is 1. The standard InChI is InChI=1S/C27H18F12N2O3/c1-3-41(23(43)15-7-4-8-16(28)19(15)29)17-9-5-6-14(20(17)30)22(42)40-21-12(2)10-13(11-18(21)44-24(31)32)25(33,26(34,35)36)27(37,38)39/h4-11,24H,3H2,1-2H3,(H,40,42). The highest BCUT2D eigenvalue weighted by molar-refractivity contribution is 6.09. The summed E-state index contributed by atoms with van der Waals surface area (Å²) in [5, 5.41) is 1.82. The summed E-state index contributed by atoms with van der Waals surface area (Å²) in [5.41, 5.74) is -12.4. The van der Waals surface area contributed by atoms with Gasteiger partial charge in [0, 0.05) is 12.1 Å². The Morgan fingerprint density at radius 3 is 1.98 bits per heavy atom. The molecule has 2 amide bonds. The summed E-state index contributed by atoms with van der Waals surface area (Å²) in [6, 6.07) is 5.04. The summed E-state index contributed by atoms with van der Waals surface area (Å²) in [5.74, 6) is -8.70. The van der Waals surface area contributed by atoms with E-state index in [4.69, 9.17) is 0 Å². The number of benzene rings is 3. The Balaban J connectivity index is 2.09. The topological polar surface area (TPSA) is 58.6 Å². The van der Waals surface area contributed by atoms with Gasteiger partial charge in [0.1, 0.15) is 5.75 Å². The van der Waals surface area contributed by atoms with E-state index in [0.29, 0.717) is 11.0 Å². The number of alkyl halides is 9. The third-order valence-corrected chi connectivity index (χ3v) is 6.19. The third kappa shape index (κ3) is 6.26. The van der Waals surface area contributed by atoms with E-state index in [9.17, 15) is 57.9 Å². The minimum atomic E-state index is -6.61. The van der Waals surface area contributed by atoms with Gasteiger partial charge in [-0.25, -0.2) is 17.6 Å². The summed E-state index contributed by atoms with van der Waals surface area (Å²) in [7, 11) is 0. The number of halogens is 12. The Hall–Kier alpha value is -4.44. The number of hydrogen-bond donors (Lipinski definition) is 1. The number of rotatable bonds is 8. The normalized spacial score (nSPS) is 12.3. The van der Waals surface area contributed by atoms with Crippen LogP contribution in [0.5, 0.6) is 5.75 Å². The van der Waals surface area contributed by atoms with Crippen LogP contribution in [0.4, 0.5) is 64.1 Å². The van der Waals surface area contributed by atoms with E-state index in [0.717, 1.165) is 37.3 Å². The first-order valence-electron chi connectivity index (χ1n) is 12.0. The zero-order chi connectivity index (χ0) is 33.4. The lowest BCUT2D eigenvalue weighted by Gasteiger charge is -2.31. The first-order valence-corrected chi connectivity index (χ1v) is 12.0. The van der Waals surface area contributed by atoms with E-state index >= 15 is 4.39 Å². The van der Waals surface area contributed by atoms with Crippen LogP contribution in [0, 0.1) is 24.4 Å². The molecule has 0 aliphatic heterocycles. The van der Waals surface area contributed by atoms with Crippen molar-refractivity contribution in [2.75, 3.05) is 16.8 Å². The van der Waals surface area contributed by atoms with Crippen LogP contribution < -0.4 is 15.0 Å². The van der Waals surface area contributed by atoms with Crippen molar-refractivity contribution < 1.29 is 67.0 Å². The van der Waals surface area contributed by atoms with Gasteiger partial charge < -0.3 is 15.0 Å². The van der Waals surface area contributed by atoms with Crippen molar-refractivity contribution in [1.82, 2.24) is 0 Å². The van der Waals surface area contributed by atoms with E-state index in [1.54, 1.807) is 0 Å². The average Bonchev–Trinajstić information content (AvgIpc) is 2.91. The molecule has 0 spiro atoms. The molecule has 3 aromatic rings. The Labute approximate surface area is 240 Å². The second-order valence-corrected chi connectivity index (χ2v) is 8.94. The fraction of sp³-hybridized carbons (Fsp3) is 0.259. The highest BCUT2D eigenvalue weighted by Crippen LogP contribution is 2.54. The number of anilines is 2. The SMILES string of the molecule is CCN(C(=O)c1cccc(F)c1F)c1cccc(C(=O)Nc2c(C)cc(C(F)(C(F)(F)F)C(F)(F)F)cc2OC(F)F)c1F. The first-order chi connectivity index (χ1) is 20.3. The third-order valence-electron chi connectivity index (χ3n) is 6.19. The molecule has 0 aliphatic carbocycles. The molecule has 0 atom stereocenters. The molecule has 0 fully saturated rings. The van der Waals surface area contributed by atoms with Crippen LogP contribution in [0.25, 0.3) is 0 Å². The molecule has 0 aromatic heterocycles. The number of ether oxygens (including phenoxy) is 1. The monoisotopic (exact) mass is 646 g/mol. The van der Waals surface area contributed by atoms with Crippen molar-refractivity contribution in [3.05, 3.63) is 88.2 Å². The van der Waals surface area contributed by atoms with Crippen molar-refractivity contribution in [3.63, 3.8) is 0 Å². The molecule has 0 heterocycles. The Morgan fingerprint density at radius 2 is 1.43 bits per heavy atom. The predicted molar refractivity (Wildman–Crippen MR) is 131 cm³/mol. The lowest BCUT2D eigenvalue weighted by atomic mass is 9.92. The highest BCUT2D eigenvalue weighted by atomic mass is 19.4. The van der Waals surface area contributed by atoms with Crippen molar-refractivity contribution in [2.24, 2.45) is 0 Å². The number of carbonyl (C=O) groups excluding carboxylic acids is 2. The molecule has 17 heteroatoms. The fourth-order valence-corrected chi connectivity index (χ4v) is 4.11. The van der Waals surface area contributed by atoms with Gasteiger partial charge in [0.25, 0.3) is 11.8 Å². The molecule has 3 rings (SSSR count). The molecular weight excluding hydrogens is 628 g/mol. The molecule has 44 heavy (non-hydrogen) atoms. The maximum Gasteiger partial charge on any atom is 0.435 e. The molecule has 0 radical (unpaired) electrons. The van der Waals surface area contributed by atoms with Crippen LogP contribution in [0.3, 0.4) is 0 Å². The molecule has 3 aromatic carbocycles. The molecule has 0 aliphatic rings. The average molecular weight is 646 g/mol. The molecule has 0 bridgehead atoms. The Morgan fingerprint density at radius 1 is 0.864 bits per heavy atom. The van der Waals surface area contributed by atoms with E-state index in [2.05, 4.69) is 4.74 Å². The van der Waals surface area contributed by atoms with Crippen LogP contribution in [0.15, 0.2) is 48.5 Å². The number of amides is 2. The molecule has 0 unspecified atom stereocenters. The molecule has 0 saturated heterocycles. The van der Waals surface area contributed by atoms with Crippen molar-refractivity contribution in [1.29, 1.82) is 0 Å². The first kappa shape index (κ1) is 34.1. The van der Waals surface area contributed by atoms with Gasteiger partial charge >= 0.3 is 24.6 Å². The van der Waals surface area contributed by atoms with Gasteiger partial charge in [-0.2, -0.15) is 35.1 Å². The molecule has 5 nitrogen and oxygen atoms in total. The van der Waals surface area contributed by atoms with Gasteiger partial charge in [-0.3, -0.25) is 9.59 Å². The van der Waals surface area contributed by atoms with Gasteiger partial charge in [0.2, 0.25) is 0 Å². The van der Waals surface area contributed by atoms with Gasteiger partial charge in [-0.15, -0.1) is 0 Å². The lowest BCUT2D eigenvalue weighted by molar-refractivity contribution is -0.348. The number of carbonyl (C=O) groups is 2. The van der Waals surface area contributed by atoms with E-state index in [-0.39, 0.29) is 18.7 Å². The van der Waals surface area contributed by atoms with Crippen molar-refractivity contribution in [3.8, 4) is 5.75 Å². The molecular formula is C27H18F12N2O3. The second-order valence-electron chi connectivity index (χ2n) is 8.94.